The van der Waals surface area contributed by atoms with Crippen LogP contribution < -0.4 is 4.90 Å². The van der Waals surface area contributed by atoms with Crippen LogP contribution in [0.1, 0.15) is 54.4 Å². The summed E-state index contributed by atoms with van der Waals surface area (Å²) in [6.07, 6.45) is 11.4. The molecule has 0 aromatic heterocycles. The summed E-state index contributed by atoms with van der Waals surface area (Å²) in [6.45, 7) is 17.5. The molecule has 0 amide bonds. The van der Waals surface area contributed by atoms with Gasteiger partial charge >= 0.3 is 0 Å². The number of hydrogen-bond acceptors (Lipinski definition) is 3. The number of thioether (sulfide) groups is 1. The number of allylic oxidation sites excluding steroid dienone is 10. The summed E-state index contributed by atoms with van der Waals surface area (Å²) in [5.41, 5.74) is 11.8. The number of benzene rings is 1. The fourth-order valence-corrected chi connectivity index (χ4v) is 4.75. The molecule has 0 bridgehead atoms. The molecule has 0 fully saturated rings. The lowest BCUT2D eigenvalue weighted by molar-refractivity contribution is -0.111. The van der Waals surface area contributed by atoms with Crippen molar-refractivity contribution < 1.29 is 4.79 Å². The second-order valence-corrected chi connectivity index (χ2v) is 8.88. The number of para-hydroxylation sites is 1. The van der Waals surface area contributed by atoms with Crippen molar-refractivity contribution in [2.75, 3.05) is 11.4 Å². The highest BCUT2D eigenvalue weighted by Gasteiger charge is 2.30. The summed E-state index contributed by atoms with van der Waals surface area (Å²) >= 11 is 1.63. The molecular formula is C30H35NOS. The summed E-state index contributed by atoms with van der Waals surface area (Å²) in [5, 5.41) is 0.927. The van der Waals surface area contributed by atoms with Gasteiger partial charge in [-0.05, 0) is 69.4 Å². The lowest BCUT2D eigenvalue weighted by atomic mass is 9.94. The molecular weight excluding hydrogens is 422 g/mol. The average Bonchev–Trinajstić information content (AvgIpc) is 3.17. The molecule has 0 saturated carbocycles. The first kappa shape index (κ1) is 26.3. The first-order valence-corrected chi connectivity index (χ1v) is 12.4. The van der Waals surface area contributed by atoms with Crippen molar-refractivity contribution in [3.8, 4) is 0 Å². The van der Waals surface area contributed by atoms with Crippen LogP contribution in [0.25, 0.3) is 0 Å². The second-order valence-electron chi connectivity index (χ2n) is 7.85. The van der Waals surface area contributed by atoms with Gasteiger partial charge in [-0.1, -0.05) is 85.7 Å². The predicted molar refractivity (Wildman–Crippen MR) is 145 cm³/mol. The fraction of sp³-hybridized carbons (Fsp3) is 0.300. The van der Waals surface area contributed by atoms with E-state index in [1.807, 2.05) is 38.1 Å². The van der Waals surface area contributed by atoms with Crippen LogP contribution in [0.4, 0.5) is 5.69 Å². The van der Waals surface area contributed by atoms with Crippen molar-refractivity contribution >= 4 is 23.2 Å². The van der Waals surface area contributed by atoms with Gasteiger partial charge in [-0.3, -0.25) is 4.79 Å². The third-order valence-electron chi connectivity index (χ3n) is 5.47. The van der Waals surface area contributed by atoms with Crippen molar-refractivity contribution in [2.24, 2.45) is 0 Å². The predicted octanol–water partition coefficient (Wildman–Crippen LogP) is 8.48. The number of rotatable bonds is 9. The molecule has 1 aliphatic rings. The number of anilines is 1. The maximum absolute atomic E-state index is 13.6. The van der Waals surface area contributed by atoms with Gasteiger partial charge in [0.1, 0.15) is 0 Å². The van der Waals surface area contributed by atoms with E-state index >= 15 is 0 Å². The maximum Gasteiger partial charge on any atom is 0.197 e. The molecule has 1 aliphatic heterocycles. The zero-order chi connectivity index (χ0) is 24.4. The standard InChI is InChI=1S/C30H35NOS/c1-8-15-23(6)16-14-18-27(32)29(24(7)25(10-3)21-20-22(5)9-2)30-31(11-4)26-17-12-13-19-28(26)33-30/h8,12-13,15,17-21H,7,9-11H2,1-6H3/b15-8-,22-20-,23-18?,25-21+,30-29+. The molecule has 2 rings (SSSR count). The summed E-state index contributed by atoms with van der Waals surface area (Å²) in [6, 6.07) is 8.27. The number of nitrogens with zero attached hydrogens (tertiary/aromatic N) is 1. The Bertz CT molecular complexity index is 1130. The second kappa shape index (κ2) is 12.9. The van der Waals surface area contributed by atoms with E-state index in [1.54, 1.807) is 11.8 Å². The van der Waals surface area contributed by atoms with Crippen molar-refractivity contribution in [1.82, 2.24) is 0 Å². The highest BCUT2D eigenvalue weighted by Crippen LogP contribution is 2.48. The van der Waals surface area contributed by atoms with Crippen LogP contribution in [-0.2, 0) is 4.79 Å². The zero-order valence-corrected chi connectivity index (χ0v) is 21.6. The quantitative estimate of drug-likeness (QED) is 0.211. The van der Waals surface area contributed by atoms with Crippen LogP contribution in [0, 0.1) is 0 Å². The van der Waals surface area contributed by atoms with Gasteiger partial charge in [0.25, 0.3) is 0 Å². The third kappa shape index (κ3) is 6.76. The van der Waals surface area contributed by atoms with Crippen molar-refractivity contribution in [1.29, 1.82) is 0 Å². The van der Waals surface area contributed by atoms with Gasteiger partial charge in [0.15, 0.2) is 5.78 Å². The summed E-state index contributed by atoms with van der Waals surface area (Å²) in [7, 11) is 0. The van der Waals surface area contributed by atoms with E-state index in [-0.39, 0.29) is 5.78 Å². The lowest BCUT2D eigenvalue weighted by Crippen LogP contribution is -2.21. The smallest absolute Gasteiger partial charge is 0.197 e. The highest BCUT2D eigenvalue weighted by molar-refractivity contribution is 8.03. The van der Waals surface area contributed by atoms with E-state index in [0.717, 1.165) is 51.7 Å². The van der Waals surface area contributed by atoms with Crippen LogP contribution in [0.5, 0.6) is 0 Å². The molecule has 33 heavy (non-hydrogen) atoms. The maximum atomic E-state index is 13.6. The third-order valence-corrected chi connectivity index (χ3v) is 6.65. The van der Waals surface area contributed by atoms with Crippen LogP contribution >= 0.6 is 11.8 Å². The molecule has 1 aromatic rings. The molecule has 3 heteroatoms. The summed E-state index contributed by atoms with van der Waals surface area (Å²) in [5.74, 6) is -0.106. The molecule has 0 atom stereocenters. The van der Waals surface area contributed by atoms with Crippen LogP contribution in [-0.4, -0.2) is 12.3 Å². The zero-order valence-electron chi connectivity index (χ0n) is 20.8. The van der Waals surface area contributed by atoms with Gasteiger partial charge < -0.3 is 4.90 Å². The number of hydrogen-bond donors (Lipinski definition) is 0. The van der Waals surface area contributed by atoms with E-state index in [0.29, 0.717) is 5.57 Å². The van der Waals surface area contributed by atoms with Gasteiger partial charge in [0.2, 0.25) is 0 Å². The van der Waals surface area contributed by atoms with Crippen molar-refractivity contribution in [2.45, 2.75) is 59.3 Å². The molecule has 0 unspecified atom stereocenters. The summed E-state index contributed by atoms with van der Waals surface area (Å²) < 4.78 is 0. The van der Waals surface area contributed by atoms with Gasteiger partial charge in [-0.25, -0.2) is 0 Å². The first-order chi connectivity index (χ1) is 15.9. The summed E-state index contributed by atoms with van der Waals surface area (Å²) in [4.78, 5) is 16.9. The van der Waals surface area contributed by atoms with E-state index in [4.69, 9.17) is 0 Å². The van der Waals surface area contributed by atoms with Crippen LogP contribution in [0.3, 0.4) is 0 Å². The van der Waals surface area contributed by atoms with Gasteiger partial charge in [0, 0.05) is 17.5 Å². The number of carbonyl (C=O) groups excluding carboxylic acids is 1. The Hall–Kier alpha value is -2.96. The molecule has 1 heterocycles. The normalized spacial score (nSPS) is 15.2. The molecule has 1 aromatic carbocycles. The molecule has 0 radical (unpaired) electrons. The largest absolute Gasteiger partial charge is 0.335 e. The Kier molecular flexibility index (Phi) is 10.3. The van der Waals surface area contributed by atoms with Crippen molar-refractivity contribution in [3.63, 3.8) is 0 Å². The monoisotopic (exact) mass is 457 g/mol. The highest BCUT2D eigenvalue weighted by atomic mass is 32.2. The van der Waals surface area contributed by atoms with Crippen molar-refractivity contribution in [3.05, 3.63) is 106 Å². The van der Waals surface area contributed by atoms with Gasteiger partial charge in [0.05, 0.1) is 16.3 Å². The Balaban J connectivity index is 2.69. The Morgan fingerprint density at radius 3 is 2.48 bits per heavy atom. The fourth-order valence-electron chi connectivity index (χ4n) is 3.45. The minimum atomic E-state index is -0.106. The topological polar surface area (TPSA) is 20.3 Å². The minimum Gasteiger partial charge on any atom is -0.335 e. The molecule has 172 valence electrons. The Morgan fingerprint density at radius 2 is 1.85 bits per heavy atom. The number of carbonyl (C=O) groups is 1. The Labute approximate surface area is 204 Å². The molecule has 0 N–H and O–H groups in total. The number of fused-ring (bicyclic) bond motifs is 1. The Morgan fingerprint density at radius 1 is 1.12 bits per heavy atom. The molecule has 2 nitrogen and oxygen atoms in total. The van der Waals surface area contributed by atoms with Gasteiger partial charge in [-0.2, -0.15) is 0 Å². The lowest BCUT2D eigenvalue weighted by Gasteiger charge is -2.22. The van der Waals surface area contributed by atoms with Crippen LogP contribution in [0.15, 0.2) is 110 Å². The SMILES string of the molecule is C=C(/C(=C/C=C(/C)CC)CC)/C(C(=O)C=C=C=C(C)/C=C\C)=C1\Sc2ccccc2N1CC. The van der Waals surface area contributed by atoms with E-state index < -0.39 is 0 Å². The average molecular weight is 458 g/mol. The van der Waals surface area contributed by atoms with Crippen LogP contribution in [0.2, 0.25) is 0 Å². The first-order valence-electron chi connectivity index (χ1n) is 11.6. The van der Waals surface area contributed by atoms with Gasteiger partial charge in [-0.15, -0.1) is 0 Å². The minimum absolute atomic E-state index is 0.106. The molecule has 0 spiro atoms. The molecule has 0 aliphatic carbocycles. The van der Waals surface area contributed by atoms with E-state index in [1.165, 1.54) is 11.6 Å². The molecule has 0 saturated heterocycles. The number of ketones is 1. The van der Waals surface area contributed by atoms with E-state index in [9.17, 15) is 4.79 Å². The van der Waals surface area contributed by atoms with E-state index in [2.05, 4.69) is 74.9 Å².